The van der Waals surface area contributed by atoms with E-state index in [-0.39, 0.29) is 5.91 Å². The Balaban J connectivity index is 2.29. The SMILES string of the molecule is CCc1cccc(NC(=O)c2cc(OC)c(OC)cc2N)c1. The van der Waals surface area contributed by atoms with Gasteiger partial charge in [0.15, 0.2) is 11.5 Å². The number of nitrogen functional groups attached to an aromatic ring is 1. The summed E-state index contributed by atoms with van der Waals surface area (Å²) in [6.45, 7) is 2.06. The molecule has 2 rings (SSSR count). The molecule has 0 aliphatic heterocycles. The summed E-state index contributed by atoms with van der Waals surface area (Å²) in [4.78, 5) is 12.4. The summed E-state index contributed by atoms with van der Waals surface area (Å²) in [6, 6.07) is 10.9. The number of carbonyl (C=O) groups is 1. The monoisotopic (exact) mass is 300 g/mol. The predicted molar refractivity (Wildman–Crippen MR) is 87.7 cm³/mol. The number of nitrogens with two attached hydrogens (primary N) is 1. The van der Waals surface area contributed by atoms with Crippen molar-refractivity contribution in [2.24, 2.45) is 0 Å². The number of amides is 1. The number of benzene rings is 2. The maximum Gasteiger partial charge on any atom is 0.257 e. The van der Waals surface area contributed by atoms with E-state index in [0.29, 0.717) is 22.7 Å². The Kier molecular flexibility index (Phi) is 4.88. The van der Waals surface area contributed by atoms with Crippen LogP contribution in [-0.2, 0) is 6.42 Å². The van der Waals surface area contributed by atoms with Crippen LogP contribution in [0.4, 0.5) is 11.4 Å². The average molecular weight is 300 g/mol. The van der Waals surface area contributed by atoms with Gasteiger partial charge in [-0.1, -0.05) is 19.1 Å². The predicted octanol–water partition coefficient (Wildman–Crippen LogP) is 3.10. The van der Waals surface area contributed by atoms with Crippen LogP contribution in [0.25, 0.3) is 0 Å². The van der Waals surface area contributed by atoms with Crippen LogP contribution in [0.3, 0.4) is 0 Å². The zero-order chi connectivity index (χ0) is 16.1. The van der Waals surface area contributed by atoms with E-state index in [1.54, 1.807) is 12.1 Å². The number of anilines is 2. The lowest BCUT2D eigenvalue weighted by molar-refractivity contribution is 0.102. The third-order valence-electron chi connectivity index (χ3n) is 3.39. The van der Waals surface area contributed by atoms with Gasteiger partial charge in [-0.05, 0) is 30.2 Å². The molecule has 0 aromatic heterocycles. The van der Waals surface area contributed by atoms with Crippen LogP contribution in [0, 0.1) is 0 Å². The van der Waals surface area contributed by atoms with Crippen LogP contribution >= 0.6 is 0 Å². The maximum atomic E-state index is 12.4. The Hall–Kier alpha value is -2.69. The molecule has 116 valence electrons. The molecule has 22 heavy (non-hydrogen) atoms. The highest BCUT2D eigenvalue weighted by atomic mass is 16.5. The van der Waals surface area contributed by atoms with Crippen molar-refractivity contribution in [3.63, 3.8) is 0 Å². The standard InChI is InChI=1S/C17H20N2O3/c1-4-11-6-5-7-12(8-11)19-17(20)13-9-15(21-2)16(22-3)10-14(13)18/h5-10H,4,18H2,1-3H3,(H,19,20). The van der Waals surface area contributed by atoms with E-state index in [0.717, 1.165) is 17.7 Å². The molecule has 0 radical (unpaired) electrons. The summed E-state index contributed by atoms with van der Waals surface area (Å²) in [7, 11) is 3.04. The zero-order valence-corrected chi connectivity index (χ0v) is 13.0. The highest BCUT2D eigenvalue weighted by Gasteiger charge is 2.15. The fraction of sp³-hybridized carbons (Fsp3) is 0.235. The fourth-order valence-electron chi connectivity index (χ4n) is 2.16. The average Bonchev–Trinajstić information content (AvgIpc) is 2.54. The van der Waals surface area contributed by atoms with E-state index in [1.165, 1.54) is 14.2 Å². The molecule has 0 aliphatic carbocycles. The summed E-state index contributed by atoms with van der Waals surface area (Å²) in [5, 5.41) is 2.85. The highest BCUT2D eigenvalue weighted by molar-refractivity contribution is 6.08. The topological polar surface area (TPSA) is 73.6 Å². The first-order valence-corrected chi connectivity index (χ1v) is 7.00. The Morgan fingerprint density at radius 1 is 1.14 bits per heavy atom. The first-order chi connectivity index (χ1) is 10.6. The molecule has 0 aliphatic rings. The molecular weight excluding hydrogens is 280 g/mol. The van der Waals surface area contributed by atoms with E-state index >= 15 is 0 Å². The van der Waals surface area contributed by atoms with Crippen molar-refractivity contribution in [1.82, 2.24) is 0 Å². The fourth-order valence-corrected chi connectivity index (χ4v) is 2.16. The van der Waals surface area contributed by atoms with Crippen molar-refractivity contribution in [3.8, 4) is 11.5 Å². The first kappa shape index (κ1) is 15.7. The molecular formula is C17H20N2O3. The zero-order valence-electron chi connectivity index (χ0n) is 13.0. The molecule has 5 nitrogen and oxygen atoms in total. The molecule has 0 fully saturated rings. The Morgan fingerprint density at radius 2 is 1.82 bits per heavy atom. The van der Waals surface area contributed by atoms with E-state index in [2.05, 4.69) is 12.2 Å². The molecule has 2 aromatic carbocycles. The Morgan fingerprint density at radius 3 is 2.45 bits per heavy atom. The molecule has 3 N–H and O–H groups in total. The van der Waals surface area contributed by atoms with E-state index < -0.39 is 0 Å². The van der Waals surface area contributed by atoms with Crippen LogP contribution in [0.2, 0.25) is 0 Å². The summed E-state index contributed by atoms with van der Waals surface area (Å²) < 4.78 is 10.4. The molecule has 0 bridgehead atoms. The molecule has 0 heterocycles. The molecule has 0 spiro atoms. The second-order valence-corrected chi connectivity index (χ2v) is 4.80. The number of nitrogens with one attached hydrogen (secondary N) is 1. The van der Waals surface area contributed by atoms with Gasteiger partial charge in [-0.3, -0.25) is 4.79 Å². The summed E-state index contributed by atoms with van der Waals surface area (Å²) in [5.41, 5.74) is 8.50. The van der Waals surface area contributed by atoms with Crippen molar-refractivity contribution >= 4 is 17.3 Å². The van der Waals surface area contributed by atoms with Gasteiger partial charge in [0.1, 0.15) is 0 Å². The van der Waals surface area contributed by atoms with Gasteiger partial charge in [0.25, 0.3) is 5.91 Å². The van der Waals surface area contributed by atoms with Crippen molar-refractivity contribution < 1.29 is 14.3 Å². The van der Waals surface area contributed by atoms with Gasteiger partial charge >= 0.3 is 0 Å². The van der Waals surface area contributed by atoms with Crippen molar-refractivity contribution in [2.75, 3.05) is 25.3 Å². The number of rotatable bonds is 5. The van der Waals surface area contributed by atoms with Crippen molar-refractivity contribution in [2.45, 2.75) is 13.3 Å². The van der Waals surface area contributed by atoms with Crippen LogP contribution in [0.1, 0.15) is 22.8 Å². The number of carbonyl (C=O) groups excluding carboxylic acids is 1. The largest absolute Gasteiger partial charge is 0.493 e. The number of methoxy groups -OCH3 is 2. The van der Waals surface area contributed by atoms with Crippen LogP contribution < -0.4 is 20.5 Å². The second-order valence-electron chi connectivity index (χ2n) is 4.80. The minimum atomic E-state index is -0.285. The molecule has 5 heteroatoms. The van der Waals surface area contributed by atoms with Gasteiger partial charge in [0.05, 0.1) is 19.8 Å². The van der Waals surface area contributed by atoms with Crippen LogP contribution in [0.5, 0.6) is 11.5 Å². The lowest BCUT2D eigenvalue weighted by atomic mass is 10.1. The maximum absolute atomic E-state index is 12.4. The molecule has 0 atom stereocenters. The Bertz CT molecular complexity index is 684. The van der Waals surface area contributed by atoms with Gasteiger partial charge in [-0.15, -0.1) is 0 Å². The number of ether oxygens (including phenoxy) is 2. The van der Waals surface area contributed by atoms with E-state index in [1.807, 2.05) is 24.3 Å². The third-order valence-corrected chi connectivity index (χ3v) is 3.39. The highest BCUT2D eigenvalue weighted by Crippen LogP contribution is 2.32. The van der Waals surface area contributed by atoms with Gasteiger partial charge in [0, 0.05) is 17.4 Å². The smallest absolute Gasteiger partial charge is 0.257 e. The molecule has 1 amide bonds. The second kappa shape index (κ2) is 6.85. The molecule has 0 saturated heterocycles. The van der Waals surface area contributed by atoms with Crippen LogP contribution in [0.15, 0.2) is 36.4 Å². The van der Waals surface area contributed by atoms with Gasteiger partial charge in [-0.25, -0.2) is 0 Å². The van der Waals surface area contributed by atoms with E-state index in [4.69, 9.17) is 15.2 Å². The van der Waals surface area contributed by atoms with Crippen molar-refractivity contribution in [1.29, 1.82) is 0 Å². The summed E-state index contributed by atoms with van der Waals surface area (Å²) >= 11 is 0. The first-order valence-electron chi connectivity index (χ1n) is 7.00. The summed E-state index contributed by atoms with van der Waals surface area (Å²) in [5.74, 6) is 0.667. The molecule has 0 saturated carbocycles. The quantitative estimate of drug-likeness (QED) is 0.832. The number of aryl methyl sites for hydroxylation is 1. The van der Waals surface area contributed by atoms with E-state index in [9.17, 15) is 4.79 Å². The van der Waals surface area contributed by atoms with Gasteiger partial charge < -0.3 is 20.5 Å². The normalized spacial score (nSPS) is 10.1. The minimum Gasteiger partial charge on any atom is -0.493 e. The lowest BCUT2D eigenvalue weighted by Gasteiger charge is -2.13. The number of hydrogen-bond acceptors (Lipinski definition) is 4. The van der Waals surface area contributed by atoms with Crippen molar-refractivity contribution in [3.05, 3.63) is 47.5 Å². The van der Waals surface area contributed by atoms with Gasteiger partial charge in [0.2, 0.25) is 0 Å². The van der Waals surface area contributed by atoms with Gasteiger partial charge in [-0.2, -0.15) is 0 Å². The Labute approximate surface area is 130 Å². The summed E-state index contributed by atoms with van der Waals surface area (Å²) in [6.07, 6.45) is 0.905. The van der Waals surface area contributed by atoms with Crippen LogP contribution in [-0.4, -0.2) is 20.1 Å². The number of hydrogen-bond donors (Lipinski definition) is 2. The lowest BCUT2D eigenvalue weighted by Crippen LogP contribution is -2.14. The molecule has 2 aromatic rings. The minimum absolute atomic E-state index is 0.285. The molecule has 0 unspecified atom stereocenters. The third kappa shape index (κ3) is 3.31.